The minimum absolute atomic E-state index is 0.0504. The molecule has 0 N–H and O–H groups in total. The molecule has 1 rings (SSSR count). The molecule has 0 saturated heterocycles. The van der Waals surface area contributed by atoms with E-state index in [0.29, 0.717) is 12.0 Å². The van der Waals surface area contributed by atoms with Crippen LogP contribution in [0.4, 0.5) is 13.2 Å². The quantitative estimate of drug-likeness (QED) is 0.729. The first-order valence-electron chi connectivity index (χ1n) is 4.27. The molecule has 0 aliphatic heterocycles. The van der Waals surface area contributed by atoms with Gasteiger partial charge in [-0.05, 0) is 13.0 Å². The number of hydrogen-bond acceptors (Lipinski definition) is 3. The van der Waals surface area contributed by atoms with E-state index in [0.717, 1.165) is 0 Å². The van der Waals surface area contributed by atoms with Crippen molar-refractivity contribution in [1.29, 1.82) is 0 Å². The van der Waals surface area contributed by atoms with E-state index in [9.17, 15) is 18.0 Å². The molecule has 0 aliphatic rings. The Morgan fingerprint density at radius 3 is 2.60 bits per heavy atom. The number of rotatable bonds is 3. The maximum atomic E-state index is 11.9. The molecule has 0 aliphatic carbocycles. The summed E-state index contributed by atoms with van der Waals surface area (Å²) in [5, 5.41) is 0. The summed E-state index contributed by atoms with van der Waals surface area (Å²) < 4.78 is 35.7. The molecule has 0 unspecified atom stereocenters. The fourth-order valence-electron chi connectivity index (χ4n) is 1.08. The lowest BCUT2D eigenvalue weighted by molar-refractivity contribution is -0.134. The van der Waals surface area contributed by atoms with Gasteiger partial charge in [0.05, 0.1) is 6.42 Å². The van der Waals surface area contributed by atoms with Crippen LogP contribution in [0.1, 0.15) is 28.4 Å². The van der Waals surface area contributed by atoms with Gasteiger partial charge in [0.2, 0.25) is 0 Å². The summed E-state index contributed by atoms with van der Waals surface area (Å²) in [6, 6.07) is 1.42. The molecule has 0 spiro atoms. The Morgan fingerprint density at radius 2 is 2.07 bits per heavy atom. The van der Waals surface area contributed by atoms with Crippen molar-refractivity contribution in [1.82, 2.24) is 9.97 Å². The zero-order chi connectivity index (χ0) is 11.5. The number of carbonyl (C=O) groups excluding carboxylic acids is 1. The summed E-state index contributed by atoms with van der Waals surface area (Å²) in [5.41, 5.74) is 0.601. The van der Waals surface area contributed by atoms with Crippen LogP contribution in [0.15, 0.2) is 6.07 Å². The van der Waals surface area contributed by atoms with Gasteiger partial charge in [-0.25, -0.2) is 9.97 Å². The van der Waals surface area contributed by atoms with Crippen molar-refractivity contribution in [3.63, 3.8) is 0 Å². The number of alkyl halides is 3. The van der Waals surface area contributed by atoms with Gasteiger partial charge in [-0.2, -0.15) is 13.2 Å². The van der Waals surface area contributed by atoms with Crippen LogP contribution >= 0.6 is 0 Å². The molecule has 0 saturated carbocycles. The topological polar surface area (TPSA) is 42.9 Å². The van der Waals surface area contributed by atoms with Crippen molar-refractivity contribution in [3.8, 4) is 0 Å². The molecule has 3 nitrogen and oxygen atoms in total. The predicted octanol–water partition coefficient (Wildman–Crippen LogP) is 2.09. The van der Waals surface area contributed by atoms with Gasteiger partial charge in [-0.3, -0.25) is 4.79 Å². The predicted molar refractivity (Wildman–Crippen MR) is 46.5 cm³/mol. The van der Waals surface area contributed by atoms with E-state index in [4.69, 9.17) is 0 Å². The molecule has 0 amide bonds. The molecule has 1 aromatic rings. The van der Waals surface area contributed by atoms with Crippen LogP contribution in [0.2, 0.25) is 0 Å². The Hall–Kier alpha value is -1.46. The first-order chi connectivity index (χ1) is 6.90. The summed E-state index contributed by atoms with van der Waals surface area (Å²) in [4.78, 5) is 17.9. The number of halogens is 3. The zero-order valence-electron chi connectivity index (χ0n) is 8.01. The molecule has 0 bridgehead atoms. The molecular weight excluding hydrogens is 209 g/mol. The number of carbonyl (C=O) groups is 1. The third-order valence-electron chi connectivity index (χ3n) is 1.67. The number of aldehydes is 1. The largest absolute Gasteiger partial charge is 0.389 e. The fourth-order valence-corrected chi connectivity index (χ4v) is 1.08. The van der Waals surface area contributed by atoms with Crippen LogP contribution < -0.4 is 0 Å². The van der Waals surface area contributed by atoms with Crippen molar-refractivity contribution in [2.75, 3.05) is 0 Å². The number of aromatic nitrogens is 2. The summed E-state index contributed by atoms with van der Waals surface area (Å²) in [6.45, 7) is 1.60. The minimum Gasteiger partial charge on any atom is -0.296 e. The standard InChI is InChI=1S/C9H9F3N2O/c1-6-4-7(5-15)14-8(13-6)2-3-9(10,11)12/h4-5H,2-3H2,1H3. The number of nitrogens with zero attached hydrogens (tertiary/aromatic N) is 2. The second kappa shape index (κ2) is 4.37. The molecule has 0 atom stereocenters. The van der Waals surface area contributed by atoms with Crippen LogP contribution in [0.25, 0.3) is 0 Å². The second-order valence-electron chi connectivity index (χ2n) is 3.08. The van der Waals surface area contributed by atoms with Gasteiger partial charge in [0.15, 0.2) is 6.29 Å². The summed E-state index contributed by atoms with van der Waals surface area (Å²) in [7, 11) is 0. The van der Waals surface area contributed by atoms with Crippen molar-refractivity contribution in [2.45, 2.75) is 25.9 Å². The average Bonchev–Trinajstić information content (AvgIpc) is 2.13. The third kappa shape index (κ3) is 4.05. The maximum absolute atomic E-state index is 11.9. The van der Waals surface area contributed by atoms with Gasteiger partial charge in [0.25, 0.3) is 0 Å². The molecule has 0 fully saturated rings. The lowest BCUT2D eigenvalue weighted by Gasteiger charge is -2.05. The summed E-state index contributed by atoms with van der Waals surface area (Å²) >= 11 is 0. The number of aryl methyl sites for hydroxylation is 2. The third-order valence-corrected chi connectivity index (χ3v) is 1.67. The lowest BCUT2D eigenvalue weighted by atomic mass is 10.2. The monoisotopic (exact) mass is 218 g/mol. The molecular formula is C9H9F3N2O. The summed E-state index contributed by atoms with van der Waals surface area (Å²) in [5.74, 6) is 0.0504. The van der Waals surface area contributed by atoms with Crippen LogP contribution in [-0.2, 0) is 6.42 Å². The van der Waals surface area contributed by atoms with Crippen molar-refractivity contribution in [3.05, 3.63) is 23.3 Å². The Morgan fingerprint density at radius 1 is 1.40 bits per heavy atom. The zero-order valence-corrected chi connectivity index (χ0v) is 8.01. The molecule has 15 heavy (non-hydrogen) atoms. The average molecular weight is 218 g/mol. The highest BCUT2D eigenvalue weighted by Gasteiger charge is 2.27. The highest BCUT2D eigenvalue weighted by Crippen LogP contribution is 2.21. The number of hydrogen-bond donors (Lipinski definition) is 0. The molecule has 6 heteroatoms. The molecule has 1 heterocycles. The normalized spacial score (nSPS) is 11.5. The van der Waals surface area contributed by atoms with E-state index in [2.05, 4.69) is 9.97 Å². The smallest absolute Gasteiger partial charge is 0.296 e. The fraction of sp³-hybridized carbons (Fsp3) is 0.444. The molecule has 1 aromatic heterocycles. The van der Waals surface area contributed by atoms with Crippen LogP contribution in [0, 0.1) is 6.92 Å². The van der Waals surface area contributed by atoms with Gasteiger partial charge in [-0.15, -0.1) is 0 Å². The first-order valence-corrected chi connectivity index (χ1v) is 4.27. The maximum Gasteiger partial charge on any atom is 0.389 e. The Kier molecular flexibility index (Phi) is 3.39. The molecule has 0 aromatic carbocycles. The van der Waals surface area contributed by atoms with Crippen molar-refractivity contribution in [2.24, 2.45) is 0 Å². The van der Waals surface area contributed by atoms with Crippen LogP contribution in [0.5, 0.6) is 0 Å². The van der Waals surface area contributed by atoms with E-state index >= 15 is 0 Å². The second-order valence-corrected chi connectivity index (χ2v) is 3.08. The van der Waals surface area contributed by atoms with Crippen LogP contribution in [-0.4, -0.2) is 22.4 Å². The highest BCUT2D eigenvalue weighted by molar-refractivity contribution is 5.71. The van der Waals surface area contributed by atoms with E-state index in [1.165, 1.54) is 6.07 Å². The SMILES string of the molecule is Cc1cc(C=O)nc(CCC(F)(F)F)n1. The lowest BCUT2D eigenvalue weighted by Crippen LogP contribution is -2.11. The first kappa shape index (κ1) is 11.6. The van der Waals surface area contributed by atoms with E-state index in [-0.39, 0.29) is 17.9 Å². The Balaban J connectivity index is 2.77. The van der Waals surface area contributed by atoms with Gasteiger partial charge in [-0.1, -0.05) is 0 Å². The minimum atomic E-state index is -4.23. The Bertz CT molecular complexity index is 363. The van der Waals surface area contributed by atoms with Gasteiger partial charge >= 0.3 is 6.18 Å². The van der Waals surface area contributed by atoms with Gasteiger partial charge < -0.3 is 0 Å². The van der Waals surface area contributed by atoms with Gasteiger partial charge in [0.1, 0.15) is 11.5 Å². The highest BCUT2D eigenvalue weighted by atomic mass is 19.4. The van der Waals surface area contributed by atoms with E-state index in [1.807, 2.05) is 0 Å². The summed E-state index contributed by atoms with van der Waals surface area (Å²) in [6.07, 6.45) is -5.01. The molecule has 0 radical (unpaired) electrons. The van der Waals surface area contributed by atoms with Crippen molar-refractivity contribution < 1.29 is 18.0 Å². The Labute approximate surface area is 84.4 Å². The van der Waals surface area contributed by atoms with Crippen molar-refractivity contribution >= 4 is 6.29 Å². The van der Waals surface area contributed by atoms with E-state index in [1.54, 1.807) is 6.92 Å². The van der Waals surface area contributed by atoms with E-state index < -0.39 is 12.6 Å². The van der Waals surface area contributed by atoms with Gasteiger partial charge in [0, 0.05) is 12.1 Å². The molecule has 82 valence electrons. The van der Waals surface area contributed by atoms with Crippen LogP contribution in [0.3, 0.4) is 0 Å².